The number of piperidine rings is 1. The number of anilines is 2. The van der Waals surface area contributed by atoms with Crippen LogP contribution in [0.5, 0.6) is 0 Å². The number of halogens is 1. The smallest absolute Gasteiger partial charge is 0.273 e. The van der Waals surface area contributed by atoms with Crippen molar-refractivity contribution in [1.82, 2.24) is 9.55 Å². The molecule has 0 spiro atoms. The fourth-order valence-electron chi connectivity index (χ4n) is 4.23. The van der Waals surface area contributed by atoms with E-state index >= 15 is 0 Å². The molecule has 33 heavy (non-hydrogen) atoms. The second-order valence-corrected chi connectivity index (χ2v) is 9.12. The maximum absolute atomic E-state index is 13.4. The Hall–Kier alpha value is -3.52. The highest BCUT2D eigenvalue weighted by Gasteiger charge is 2.29. The third kappa shape index (κ3) is 4.52. The van der Waals surface area contributed by atoms with Crippen LogP contribution in [-0.4, -0.2) is 28.5 Å². The van der Waals surface area contributed by atoms with Crippen LogP contribution >= 0.6 is 11.3 Å². The molecule has 0 aliphatic carbocycles. The summed E-state index contributed by atoms with van der Waals surface area (Å²) < 4.78 is 15.6. The van der Waals surface area contributed by atoms with Crippen molar-refractivity contribution in [3.63, 3.8) is 0 Å². The summed E-state index contributed by atoms with van der Waals surface area (Å²) in [5.74, 6) is -0.0165. The standard InChI is InChI=1S/C25H23FN4O2S/c26-19-10-8-17(9-11-19)15-30-24(32)22-21(12-14-33-22)28-25(30)29-13-4-5-18(16-29)23(31)27-20-6-2-1-3-7-20/h1-3,6-12,14,18H,4-5,13,15-16H2,(H,27,31)/t18-/m0/s1. The highest BCUT2D eigenvalue weighted by molar-refractivity contribution is 7.17. The first kappa shape index (κ1) is 21.3. The number of nitrogens with one attached hydrogen (secondary N) is 1. The second-order valence-electron chi connectivity index (χ2n) is 8.20. The SMILES string of the molecule is O=C(Nc1ccccc1)[C@H]1CCCN(c2nc3ccsc3c(=O)n2Cc2ccc(F)cc2)C1. The molecule has 0 unspecified atom stereocenters. The van der Waals surface area contributed by atoms with E-state index in [1.165, 1.54) is 23.5 Å². The van der Waals surface area contributed by atoms with Crippen LogP contribution in [0.2, 0.25) is 0 Å². The molecule has 1 N–H and O–H groups in total. The summed E-state index contributed by atoms with van der Waals surface area (Å²) in [6.07, 6.45) is 1.60. The van der Waals surface area contributed by atoms with Gasteiger partial charge in [-0.05, 0) is 54.1 Å². The lowest BCUT2D eigenvalue weighted by Gasteiger charge is -2.34. The van der Waals surface area contributed by atoms with Crippen molar-refractivity contribution in [3.8, 4) is 0 Å². The van der Waals surface area contributed by atoms with Crippen LogP contribution in [-0.2, 0) is 11.3 Å². The van der Waals surface area contributed by atoms with Gasteiger partial charge in [0.1, 0.15) is 10.5 Å². The second kappa shape index (κ2) is 9.15. The highest BCUT2D eigenvalue weighted by Crippen LogP contribution is 2.26. The van der Waals surface area contributed by atoms with Crippen molar-refractivity contribution >= 4 is 39.1 Å². The molecule has 6 nitrogen and oxygen atoms in total. The van der Waals surface area contributed by atoms with Crippen molar-refractivity contribution in [2.75, 3.05) is 23.3 Å². The number of hydrogen-bond donors (Lipinski definition) is 1. The fourth-order valence-corrected chi connectivity index (χ4v) is 5.01. The third-order valence-corrected chi connectivity index (χ3v) is 6.81. The Morgan fingerprint density at radius 1 is 1.12 bits per heavy atom. The van der Waals surface area contributed by atoms with Gasteiger partial charge in [-0.3, -0.25) is 14.2 Å². The summed E-state index contributed by atoms with van der Waals surface area (Å²) in [6.45, 7) is 1.47. The van der Waals surface area contributed by atoms with Gasteiger partial charge in [0, 0.05) is 18.8 Å². The molecular formula is C25H23FN4O2S. The molecule has 8 heteroatoms. The first-order valence-corrected chi connectivity index (χ1v) is 11.8. The Morgan fingerprint density at radius 2 is 1.91 bits per heavy atom. The Labute approximate surface area is 194 Å². The number of carbonyl (C=O) groups is 1. The highest BCUT2D eigenvalue weighted by atomic mass is 32.1. The molecule has 1 saturated heterocycles. The predicted octanol–water partition coefficient (Wildman–Crippen LogP) is 4.50. The first-order valence-electron chi connectivity index (χ1n) is 10.9. The van der Waals surface area contributed by atoms with Gasteiger partial charge < -0.3 is 10.2 Å². The van der Waals surface area contributed by atoms with Crippen LogP contribution in [0.4, 0.5) is 16.0 Å². The van der Waals surface area contributed by atoms with Crippen molar-refractivity contribution < 1.29 is 9.18 Å². The topological polar surface area (TPSA) is 67.2 Å². The summed E-state index contributed by atoms with van der Waals surface area (Å²) >= 11 is 1.36. The number of carbonyl (C=O) groups excluding carboxylic acids is 1. The summed E-state index contributed by atoms with van der Waals surface area (Å²) in [4.78, 5) is 33.1. The Kier molecular flexibility index (Phi) is 5.92. The van der Waals surface area contributed by atoms with Crippen molar-refractivity contribution in [1.29, 1.82) is 0 Å². The monoisotopic (exact) mass is 462 g/mol. The molecule has 1 amide bonds. The van der Waals surface area contributed by atoms with Gasteiger partial charge in [-0.25, -0.2) is 9.37 Å². The van der Waals surface area contributed by atoms with E-state index in [1.54, 1.807) is 16.7 Å². The Morgan fingerprint density at radius 3 is 2.70 bits per heavy atom. The number of fused-ring (bicyclic) bond motifs is 1. The third-order valence-electron chi connectivity index (χ3n) is 5.92. The molecule has 0 bridgehead atoms. The minimum absolute atomic E-state index is 0.0325. The lowest BCUT2D eigenvalue weighted by atomic mass is 9.97. The molecule has 2 aromatic carbocycles. The van der Waals surface area contributed by atoms with Gasteiger partial charge in [0.05, 0.1) is 18.0 Å². The summed E-state index contributed by atoms with van der Waals surface area (Å²) in [6, 6.07) is 17.4. The van der Waals surface area contributed by atoms with E-state index < -0.39 is 0 Å². The summed E-state index contributed by atoms with van der Waals surface area (Å²) in [5, 5.41) is 4.85. The van der Waals surface area contributed by atoms with Gasteiger partial charge in [-0.2, -0.15) is 0 Å². The van der Waals surface area contributed by atoms with Gasteiger partial charge in [0.25, 0.3) is 5.56 Å². The van der Waals surface area contributed by atoms with E-state index in [9.17, 15) is 14.0 Å². The molecular weight excluding hydrogens is 439 g/mol. The van der Waals surface area contributed by atoms with Crippen molar-refractivity contribution in [2.24, 2.45) is 5.92 Å². The van der Waals surface area contributed by atoms with Crippen LogP contribution in [0, 0.1) is 11.7 Å². The van der Waals surface area contributed by atoms with Gasteiger partial charge in [-0.15, -0.1) is 11.3 Å². The number of benzene rings is 2. The minimum atomic E-state index is -0.318. The van der Waals surface area contributed by atoms with Crippen LogP contribution in [0.3, 0.4) is 0 Å². The molecule has 0 saturated carbocycles. The maximum Gasteiger partial charge on any atom is 0.273 e. The van der Waals surface area contributed by atoms with Crippen LogP contribution < -0.4 is 15.8 Å². The summed E-state index contributed by atoms with van der Waals surface area (Å²) in [7, 11) is 0. The molecule has 1 fully saturated rings. The number of amides is 1. The van der Waals surface area contributed by atoms with Crippen LogP contribution in [0.15, 0.2) is 70.8 Å². The first-order chi connectivity index (χ1) is 16.1. The normalized spacial score (nSPS) is 16.2. The van der Waals surface area contributed by atoms with Gasteiger partial charge in [0.15, 0.2) is 0 Å². The van der Waals surface area contributed by atoms with E-state index in [-0.39, 0.29) is 29.7 Å². The Bertz CT molecular complexity index is 1330. The molecule has 1 atom stereocenters. The fraction of sp³-hybridized carbons (Fsp3) is 0.240. The van der Waals surface area contributed by atoms with E-state index in [2.05, 4.69) is 5.32 Å². The van der Waals surface area contributed by atoms with E-state index in [4.69, 9.17) is 4.98 Å². The van der Waals surface area contributed by atoms with E-state index in [1.807, 2.05) is 46.7 Å². The number of nitrogens with zero attached hydrogens (tertiary/aromatic N) is 3. The molecule has 3 heterocycles. The largest absolute Gasteiger partial charge is 0.341 e. The molecule has 2 aromatic heterocycles. The molecule has 168 valence electrons. The van der Waals surface area contributed by atoms with Gasteiger partial charge in [-0.1, -0.05) is 30.3 Å². The predicted molar refractivity (Wildman–Crippen MR) is 129 cm³/mol. The van der Waals surface area contributed by atoms with Gasteiger partial charge >= 0.3 is 0 Å². The quantitative estimate of drug-likeness (QED) is 0.474. The average Bonchev–Trinajstić information content (AvgIpc) is 3.32. The Balaban J connectivity index is 1.45. The molecule has 4 aromatic rings. The zero-order valence-corrected chi connectivity index (χ0v) is 18.7. The lowest BCUT2D eigenvalue weighted by molar-refractivity contribution is -0.120. The number of rotatable bonds is 5. The lowest BCUT2D eigenvalue weighted by Crippen LogP contribution is -2.43. The maximum atomic E-state index is 13.4. The summed E-state index contributed by atoms with van der Waals surface area (Å²) in [5.41, 5.74) is 2.12. The molecule has 1 aliphatic heterocycles. The zero-order valence-electron chi connectivity index (χ0n) is 17.9. The molecule has 5 rings (SSSR count). The van der Waals surface area contributed by atoms with Crippen LogP contribution in [0.25, 0.3) is 10.2 Å². The number of aromatic nitrogens is 2. The molecule has 1 aliphatic rings. The number of hydrogen-bond acceptors (Lipinski definition) is 5. The average molecular weight is 463 g/mol. The van der Waals surface area contributed by atoms with Gasteiger partial charge in [0.2, 0.25) is 11.9 Å². The number of para-hydroxylation sites is 1. The van der Waals surface area contributed by atoms with E-state index in [0.717, 1.165) is 24.1 Å². The van der Waals surface area contributed by atoms with Crippen LogP contribution in [0.1, 0.15) is 18.4 Å². The van der Waals surface area contributed by atoms with Crippen molar-refractivity contribution in [3.05, 3.63) is 87.8 Å². The minimum Gasteiger partial charge on any atom is -0.341 e. The van der Waals surface area contributed by atoms with E-state index in [0.29, 0.717) is 29.3 Å². The number of thiophene rings is 1. The molecule has 0 radical (unpaired) electrons. The van der Waals surface area contributed by atoms with Crippen molar-refractivity contribution in [2.45, 2.75) is 19.4 Å². The zero-order chi connectivity index (χ0) is 22.8.